The molecule has 7 heteroatoms. The van der Waals surface area contributed by atoms with E-state index in [2.05, 4.69) is 4.72 Å². The summed E-state index contributed by atoms with van der Waals surface area (Å²) in [6, 6.07) is 22.2. The Kier molecular flexibility index (Phi) is 7.55. The summed E-state index contributed by atoms with van der Waals surface area (Å²) in [6.45, 7) is 0.420. The summed E-state index contributed by atoms with van der Waals surface area (Å²) in [7, 11) is -1.98. The molecule has 0 aliphatic carbocycles. The van der Waals surface area contributed by atoms with Gasteiger partial charge in [0.25, 0.3) is 0 Å². The molecule has 0 spiro atoms. The van der Waals surface area contributed by atoms with E-state index >= 15 is 0 Å². The number of carbonyl (C=O) groups is 1. The molecule has 3 aromatic rings. The van der Waals surface area contributed by atoms with E-state index in [1.165, 1.54) is 23.1 Å². The first-order valence-corrected chi connectivity index (χ1v) is 11.4. The van der Waals surface area contributed by atoms with Crippen LogP contribution in [-0.2, 0) is 34.3 Å². The fourth-order valence-corrected chi connectivity index (χ4v) is 4.12. The Morgan fingerprint density at radius 1 is 0.903 bits per heavy atom. The Balaban J connectivity index is 1.52. The average molecular weight is 441 g/mol. The largest absolute Gasteiger partial charge is 0.341 e. The zero-order chi connectivity index (χ0) is 22.3. The highest BCUT2D eigenvalue weighted by molar-refractivity contribution is 7.89. The van der Waals surface area contributed by atoms with Gasteiger partial charge in [0.05, 0.1) is 4.90 Å². The molecule has 0 radical (unpaired) electrons. The van der Waals surface area contributed by atoms with Gasteiger partial charge in [0.1, 0.15) is 5.82 Å². The minimum atomic E-state index is -3.62. The molecule has 1 amide bonds. The first-order chi connectivity index (χ1) is 14.8. The zero-order valence-corrected chi connectivity index (χ0v) is 18.1. The highest BCUT2D eigenvalue weighted by Gasteiger charge is 2.15. The number of sulfonamides is 1. The molecule has 1 N–H and O–H groups in total. The maximum Gasteiger partial charge on any atom is 0.240 e. The molecule has 3 aromatic carbocycles. The van der Waals surface area contributed by atoms with Crippen molar-refractivity contribution in [2.24, 2.45) is 0 Å². The molecule has 0 aromatic heterocycles. The van der Waals surface area contributed by atoms with Gasteiger partial charge in [0.2, 0.25) is 15.9 Å². The van der Waals surface area contributed by atoms with E-state index in [0.717, 1.165) is 11.1 Å². The number of aryl methyl sites for hydroxylation is 1. The number of hydrogen-bond acceptors (Lipinski definition) is 3. The van der Waals surface area contributed by atoms with E-state index < -0.39 is 10.0 Å². The minimum absolute atomic E-state index is 0.107. The SMILES string of the molecule is CN(Cc1ccccc1F)C(=O)CCc1ccc(S(=O)(=O)NCc2ccccc2)cc1. The molecule has 0 unspecified atom stereocenters. The van der Waals surface area contributed by atoms with Gasteiger partial charge >= 0.3 is 0 Å². The molecule has 31 heavy (non-hydrogen) atoms. The van der Waals surface area contributed by atoms with Crippen molar-refractivity contribution < 1.29 is 17.6 Å². The molecule has 0 heterocycles. The first kappa shape index (κ1) is 22.7. The summed E-state index contributed by atoms with van der Waals surface area (Å²) in [5.74, 6) is -0.440. The van der Waals surface area contributed by atoms with Crippen LogP contribution in [0.1, 0.15) is 23.1 Å². The number of nitrogens with one attached hydrogen (secondary N) is 1. The van der Waals surface area contributed by atoms with Crippen molar-refractivity contribution in [3.8, 4) is 0 Å². The molecule has 0 fully saturated rings. The van der Waals surface area contributed by atoms with Crippen molar-refractivity contribution in [1.82, 2.24) is 9.62 Å². The molecule has 0 bridgehead atoms. The standard InChI is InChI=1S/C24H25FN2O3S/c1-27(18-21-9-5-6-10-23(21)25)24(28)16-13-19-11-14-22(15-12-19)31(29,30)26-17-20-7-3-2-4-8-20/h2-12,14-15,26H,13,16-18H2,1H3. The second kappa shape index (κ2) is 10.3. The lowest BCUT2D eigenvalue weighted by molar-refractivity contribution is -0.130. The van der Waals surface area contributed by atoms with E-state index in [9.17, 15) is 17.6 Å². The van der Waals surface area contributed by atoms with Crippen LogP contribution >= 0.6 is 0 Å². The molecule has 0 atom stereocenters. The van der Waals surface area contributed by atoms with E-state index in [1.54, 1.807) is 37.4 Å². The number of nitrogens with zero attached hydrogens (tertiary/aromatic N) is 1. The molecular formula is C24H25FN2O3S. The third kappa shape index (κ3) is 6.47. The van der Waals surface area contributed by atoms with Crippen molar-refractivity contribution in [3.63, 3.8) is 0 Å². The van der Waals surface area contributed by atoms with Crippen LogP contribution in [0, 0.1) is 5.82 Å². The molecule has 0 aliphatic heterocycles. The van der Waals surface area contributed by atoms with Crippen molar-refractivity contribution >= 4 is 15.9 Å². The van der Waals surface area contributed by atoms with Crippen LogP contribution in [0.3, 0.4) is 0 Å². The van der Waals surface area contributed by atoms with Gasteiger partial charge in [-0.05, 0) is 35.7 Å². The van der Waals surface area contributed by atoms with Gasteiger partial charge in [0.15, 0.2) is 0 Å². The van der Waals surface area contributed by atoms with Gasteiger partial charge in [-0.25, -0.2) is 17.5 Å². The topological polar surface area (TPSA) is 66.5 Å². The molecule has 0 saturated heterocycles. The lowest BCUT2D eigenvalue weighted by Crippen LogP contribution is -2.26. The Hall–Kier alpha value is -3.03. The summed E-state index contributed by atoms with van der Waals surface area (Å²) >= 11 is 0. The van der Waals surface area contributed by atoms with Crippen LogP contribution in [0.2, 0.25) is 0 Å². The number of amides is 1. The predicted octanol–water partition coefficient (Wildman–Crippen LogP) is 3.90. The Morgan fingerprint density at radius 2 is 1.55 bits per heavy atom. The van der Waals surface area contributed by atoms with Gasteiger partial charge in [0, 0.05) is 32.1 Å². The van der Waals surface area contributed by atoms with Crippen molar-refractivity contribution in [2.75, 3.05) is 7.05 Å². The third-order valence-electron chi connectivity index (χ3n) is 4.96. The van der Waals surface area contributed by atoms with Gasteiger partial charge in [-0.15, -0.1) is 0 Å². The second-order valence-corrected chi connectivity index (χ2v) is 9.06. The normalized spacial score (nSPS) is 11.3. The first-order valence-electron chi connectivity index (χ1n) is 9.95. The maximum atomic E-state index is 13.8. The maximum absolute atomic E-state index is 13.8. The van der Waals surface area contributed by atoms with Crippen molar-refractivity contribution in [3.05, 3.63) is 101 Å². The monoisotopic (exact) mass is 440 g/mol. The van der Waals surface area contributed by atoms with Gasteiger partial charge < -0.3 is 4.90 Å². The van der Waals surface area contributed by atoms with Gasteiger partial charge in [-0.3, -0.25) is 4.79 Å². The molecule has 5 nitrogen and oxygen atoms in total. The lowest BCUT2D eigenvalue weighted by Gasteiger charge is -2.17. The van der Waals surface area contributed by atoms with Gasteiger partial charge in [-0.2, -0.15) is 0 Å². The highest BCUT2D eigenvalue weighted by Crippen LogP contribution is 2.14. The van der Waals surface area contributed by atoms with Crippen LogP contribution in [-0.4, -0.2) is 26.3 Å². The van der Waals surface area contributed by atoms with Crippen LogP contribution in [0.15, 0.2) is 83.8 Å². The molecule has 3 rings (SSSR count). The summed E-state index contributed by atoms with van der Waals surface area (Å²) < 4.78 is 41.3. The van der Waals surface area contributed by atoms with Crippen LogP contribution < -0.4 is 4.72 Å². The summed E-state index contributed by atoms with van der Waals surface area (Å²) in [4.78, 5) is 14.0. The Morgan fingerprint density at radius 3 is 2.23 bits per heavy atom. The van der Waals surface area contributed by atoms with Crippen LogP contribution in [0.25, 0.3) is 0 Å². The van der Waals surface area contributed by atoms with Crippen molar-refractivity contribution in [2.45, 2.75) is 30.8 Å². The second-order valence-electron chi connectivity index (χ2n) is 7.30. The number of rotatable bonds is 9. The molecular weight excluding hydrogens is 415 g/mol. The van der Waals surface area contributed by atoms with E-state index in [0.29, 0.717) is 12.0 Å². The summed E-state index contributed by atoms with van der Waals surface area (Å²) in [5.41, 5.74) is 2.20. The average Bonchev–Trinajstić information content (AvgIpc) is 2.78. The highest BCUT2D eigenvalue weighted by atomic mass is 32.2. The lowest BCUT2D eigenvalue weighted by atomic mass is 10.1. The number of benzene rings is 3. The Labute approximate surface area is 182 Å². The molecule has 0 saturated carbocycles. The van der Waals surface area contributed by atoms with E-state index in [4.69, 9.17) is 0 Å². The molecule has 162 valence electrons. The summed E-state index contributed by atoms with van der Waals surface area (Å²) in [5, 5.41) is 0. The van der Waals surface area contributed by atoms with Gasteiger partial charge in [-0.1, -0.05) is 60.7 Å². The Bertz CT molecular complexity index is 1120. The fraction of sp³-hybridized carbons (Fsp3) is 0.208. The number of halogens is 1. The molecule has 0 aliphatic rings. The minimum Gasteiger partial charge on any atom is -0.341 e. The number of hydrogen-bond donors (Lipinski definition) is 1. The predicted molar refractivity (Wildman–Crippen MR) is 118 cm³/mol. The van der Waals surface area contributed by atoms with Crippen molar-refractivity contribution in [1.29, 1.82) is 0 Å². The quantitative estimate of drug-likeness (QED) is 0.549. The summed E-state index contributed by atoms with van der Waals surface area (Å²) in [6.07, 6.45) is 0.724. The fourth-order valence-electron chi connectivity index (χ4n) is 3.11. The van der Waals surface area contributed by atoms with Crippen LogP contribution in [0.4, 0.5) is 4.39 Å². The van der Waals surface area contributed by atoms with E-state index in [1.807, 2.05) is 30.3 Å². The zero-order valence-electron chi connectivity index (χ0n) is 17.3. The smallest absolute Gasteiger partial charge is 0.240 e. The third-order valence-corrected chi connectivity index (χ3v) is 6.38. The number of carbonyl (C=O) groups excluding carboxylic acids is 1. The van der Waals surface area contributed by atoms with Crippen LogP contribution in [0.5, 0.6) is 0 Å². The van der Waals surface area contributed by atoms with E-state index in [-0.39, 0.29) is 36.1 Å².